The van der Waals surface area contributed by atoms with Crippen LogP contribution in [0.3, 0.4) is 0 Å². The van der Waals surface area contributed by atoms with Crippen molar-refractivity contribution in [3.8, 4) is 0 Å². The Balaban J connectivity index is 2.74. The van der Waals surface area contributed by atoms with Crippen molar-refractivity contribution < 1.29 is 14.6 Å². The molecule has 0 aliphatic heterocycles. The van der Waals surface area contributed by atoms with Crippen molar-refractivity contribution >= 4 is 28.6 Å². The Morgan fingerprint density at radius 1 is 1.47 bits per heavy atom. The van der Waals surface area contributed by atoms with Crippen molar-refractivity contribution in [2.45, 2.75) is 19.4 Å². The van der Waals surface area contributed by atoms with Crippen LogP contribution in [0.15, 0.2) is 33.9 Å². The fourth-order valence-corrected chi connectivity index (χ4v) is 1.93. The standard InChI is InChI=1S/C13H15IO3/c1-9-3-5-10(6-4-9)12(15)7-11(8-14)13(16)17-2/h3-6,8,12,15H,7H2,1-2H3/b11-8-. The quantitative estimate of drug-likeness (QED) is 0.518. The highest BCUT2D eigenvalue weighted by Crippen LogP contribution is 2.22. The number of rotatable bonds is 4. The van der Waals surface area contributed by atoms with Gasteiger partial charge >= 0.3 is 5.97 Å². The highest BCUT2D eigenvalue weighted by molar-refractivity contribution is 14.1. The molecule has 0 aliphatic rings. The number of aliphatic hydroxyl groups is 1. The lowest BCUT2D eigenvalue weighted by atomic mass is 10.0. The Morgan fingerprint density at radius 3 is 2.53 bits per heavy atom. The van der Waals surface area contributed by atoms with E-state index in [1.165, 1.54) is 7.11 Å². The SMILES string of the molecule is COC(=O)/C(=C\I)CC(O)c1ccc(C)cc1. The topological polar surface area (TPSA) is 46.5 Å². The molecule has 0 saturated carbocycles. The number of ether oxygens (including phenoxy) is 1. The normalized spacial score (nSPS) is 13.3. The van der Waals surface area contributed by atoms with E-state index in [9.17, 15) is 9.90 Å². The molecule has 4 heteroatoms. The predicted molar refractivity (Wildman–Crippen MR) is 74.9 cm³/mol. The van der Waals surface area contributed by atoms with E-state index in [0.29, 0.717) is 5.57 Å². The summed E-state index contributed by atoms with van der Waals surface area (Å²) >= 11 is 1.97. The van der Waals surface area contributed by atoms with Crippen LogP contribution in [0.1, 0.15) is 23.7 Å². The molecule has 0 bridgehead atoms. The van der Waals surface area contributed by atoms with E-state index in [1.807, 2.05) is 53.8 Å². The van der Waals surface area contributed by atoms with Crippen LogP contribution in [-0.4, -0.2) is 18.2 Å². The number of aryl methyl sites for hydroxylation is 1. The molecule has 17 heavy (non-hydrogen) atoms. The molecule has 1 aromatic carbocycles. The first-order valence-electron chi connectivity index (χ1n) is 5.20. The monoisotopic (exact) mass is 346 g/mol. The largest absolute Gasteiger partial charge is 0.466 e. The summed E-state index contributed by atoms with van der Waals surface area (Å²) in [5, 5.41) is 10.0. The van der Waals surface area contributed by atoms with Crippen molar-refractivity contribution in [3.63, 3.8) is 0 Å². The van der Waals surface area contributed by atoms with Gasteiger partial charge in [0.1, 0.15) is 0 Å². The molecule has 0 heterocycles. The van der Waals surface area contributed by atoms with E-state index in [1.54, 1.807) is 4.08 Å². The van der Waals surface area contributed by atoms with Gasteiger partial charge in [0.15, 0.2) is 0 Å². The Bertz CT molecular complexity index is 409. The molecule has 0 saturated heterocycles. The minimum atomic E-state index is -0.685. The number of hydrogen-bond acceptors (Lipinski definition) is 3. The molecule has 92 valence electrons. The van der Waals surface area contributed by atoms with Gasteiger partial charge in [-0.2, -0.15) is 0 Å². The lowest BCUT2D eigenvalue weighted by Gasteiger charge is -2.12. The van der Waals surface area contributed by atoms with E-state index in [0.717, 1.165) is 11.1 Å². The molecule has 3 nitrogen and oxygen atoms in total. The van der Waals surface area contributed by atoms with Gasteiger partial charge in [0.05, 0.1) is 13.2 Å². The molecule has 0 aromatic heterocycles. The summed E-state index contributed by atoms with van der Waals surface area (Å²) in [6, 6.07) is 7.60. The molecule has 0 aliphatic carbocycles. The van der Waals surface area contributed by atoms with E-state index in [-0.39, 0.29) is 6.42 Å². The maximum absolute atomic E-state index is 11.4. The summed E-state index contributed by atoms with van der Waals surface area (Å²) in [7, 11) is 1.33. The fourth-order valence-electron chi connectivity index (χ4n) is 1.42. The number of esters is 1. The molecule has 1 atom stereocenters. The van der Waals surface area contributed by atoms with Crippen LogP contribution in [0.2, 0.25) is 0 Å². The van der Waals surface area contributed by atoms with Crippen LogP contribution in [0.5, 0.6) is 0 Å². The van der Waals surface area contributed by atoms with Gasteiger partial charge < -0.3 is 9.84 Å². The Labute approximate surface area is 115 Å². The minimum absolute atomic E-state index is 0.263. The Hall–Kier alpha value is -0.880. The lowest BCUT2D eigenvalue weighted by Crippen LogP contribution is -2.08. The maximum Gasteiger partial charge on any atom is 0.334 e. The first-order chi connectivity index (χ1) is 8.08. The highest BCUT2D eigenvalue weighted by Gasteiger charge is 2.15. The maximum atomic E-state index is 11.4. The van der Waals surface area contributed by atoms with Crippen LogP contribution < -0.4 is 0 Å². The summed E-state index contributed by atoms with van der Waals surface area (Å²) < 4.78 is 6.28. The summed E-state index contributed by atoms with van der Waals surface area (Å²) in [6.45, 7) is 1.99. The smallest absolute Gasteiger partial charge is 0.334 e. The highest BCUT2D eigenvalue weighted by atomic mass is 127. The Kier molecular flexibility index (Phi) is 5.64. The molecular weight excluding hydrogens is 331 g/mol. The summed E-state index contributed by atoms with van der Waals surface area (Å²) in [5.41, 5.74) is 2.41. The van der Waals surface area contributed by atoms with Gasteiger partial charge in [-0.1, -0.05) is 52.4 Å². The average Bonchev–Trinajstić information content (AvgIpc) is 2.35. The van der Waals surface area contributed by atoms with Crippen LogP contribution >= 0.6 is 22.6 Å². The molecular formula is C13H15IO3. The second kappa shape index (κ2) is 6.76. The average molecular weight is 346 g/mol. The second-order valence-corrected chi connectivity index (χ2v) is 4.38. The number of halogens is 1. The van der Waals surface area contributed by atoms with E-state index >= 15 is 0 Å². The lowest BCUT2D eigenvalue weighted by molar-refractivity contribution is -0.136. The van der Waals surface area contributed by atoms with E-state index < -0.39 is 12.1 Å². The summed E-state index contributed by atoms with van der Waals surface area (Å²) in [6.07, 6.45) is -0.422. The molecule has 1 unspecified atom stereocenters. The fraction of sp³-hybridized carbons (Fsp3) is 0.308. The zero-order valence-corrected chi connectivity index (χ0v) is 12.0. The van der Waals surface area contributed by atoms with E-state index in [2.05, 4.69) is 4.74 Å². The summed E-state index contributed by atoms with van der Waals surface area (Å²) in [4.78, 5) is 11.4. The van der Waals surface area contributed by atoms with Gasteiger partial charge in [-0.3, -0.25) is 0 Å². The van der Waals surface area contributed by atoms with Gasteiger partial charge in [-0.25, -0.2) is 4.79 Å². The summed E-state index contributed by atoms with van der Waals surface area (Å²) in [5.74, 6) is -0.398. The van der Waals surface area contributed by atoms with Crippen molar-refractivity contribution in [3.05, 3.63) is 45.0 Å². The van der Waals surface area contributed by atoms with Gasteiger partial charge in [0.25, 0.3) is 0 Å². The molecule has 1 rings (SSSR count). The zero-order valence-electron chi connectivity index (χ0n) is 9.81. The van der Waals surface area contributed by atoms with Crippen molar-refractivity contribution in [2.75, 3.05) is 7.11 Å². The third-order valence-corrected chi connectivity index (χ3v) is 3.21. The Morgan fingerprint density at radius 2 is 2.06 bits per heavy atom. The van der Waals surface area contributed by atoms with Crippen molar-refractivity contribution in [1.82, 2.24) is 0 Å². The molecule has 0 fully saturated rings. The van der Waals surface area contributed by atoms with Crippen LogP contribution in [0, 0.1) is 6.92 Å². The van der Waals surface area contributed by atoms with Crippen molar-refractivity contribution in [1.29, 1.82) is 0 Å². The van der Waals surface area contributed by atoms with Gasteiger partial charge in [-0.15, -0.1) is 0 Å². The molecule has 0 amide bonds. The molecule has 1 aromatic rings. The number of aliphatic hydroxyl groups excluding tert-OH is 1. The first-order valence-corrected chi connectivity index (χ1v) is 6.45. The third kappa shape index (κ3) is 4.12. The first kappa shape index (κ1) is 14.2. The second-order valence-electron chi connectivity index (χ2n) is 3.76. The number of carbonyl (C=O) groups is 1. The van der Waals surface area contributed by atoms with Crippen molar-refractivity contribution in [2.24, 2.45) is 0 Å². The zero-order chi connectivity index (χ0) is 12.8. The number of benzene rings is 1. The molecule has 0 spiro atoms. The minimum Gasteiger partial charge on any atom is -0.466 e. The molecule has 0 radical (unpaired) electrons. The van der Waals surface area contributed by atoms with Gasteiger partial charge in [-0.05, 0) is 16.6 Å². The third-order valence-electron chi connectivity index (χ3n) is 2.45. The number of hydrogen-bond donors (Lipinski definition) is 1. The van der Waals surface area contributed by atoms with Crippen LogP contribution in [0.25, 0.3) is 0 Å². The van der Waals surface area contributed by atoms with Gasteiger partial charge in [0, 0.05) is 12.0 Å². The van der Waals surface area contributed by atoms with Crippen LogP contribution in [-0.2, 0) is 9.53 Å². The van der Waals surface area contributed by atoms with E-state index in [4.69, 9.17) is 0 Å². The van der Waals surface area contributed by atoms with Crippen LogP contribution in [0.4, 0.5) is 0 Å². The predicted octanol–water partition coefficient (Wildman–Crippen LogP) is 2.91. The molecule has 1 N–H and O–H groups in total. The van der Waals surface area contributed by atoms with Gasteiger partial charge in [0.2, 0.25) is 0 Å². The number of carbonyl (C=O) groups excluding carboxylic acids is 1. The number of methoxy groups -OCH3 is 1.